The summed E-state index contributed by atoms with van der Waals surface area (Å²) in [5.41, 5.74) is 0.305. The standard InChI is InChI=1S/C24H20Cl2F2N4OS/c25-16-2-5-18(6-3-16)34(33)24(20-12-17(27)4-7-22(20)28)19-13-23(31-14-21(19)26)30-8-1-10-32-11-9-29-15-32/h2-7,9,11-15,24H,1,8,10H2,(H,30,31). The highest BCUT2D eigenvalue weighted by atomic mass is 35.5. The Labute approximate surface area is 208 Å². The van der Waals surface area contributed by atoms with Gasteiger partial charge in [-0.15, -0.1) is 0 Å². The molecule has 34 heavy (non-hydrogen) atoms. The minimum absolute atomic E-state index is 0.0626. The van der Waals surface area contributed by atoms with Gasteiger partial charge in [0.05, 0.1) is 27.4 Å². The Kier molecular flexibility index (Phi) is 7.92. The van der Waals surface area contributed by atoms with E-state index >= 15 is 0 Å². The van der Waals surface area contributed by atoms with Crippen molar-refractivity contribution in [2.45, 2.75) is 23.1 Å². The molecule has 2 heterocycles. The van der Waals surface area contributed by atoms with Gasteiger partial charge in [-0.05, 0) is 60.5 Å². The monoisotopic (exact) mass is 520 g/mol. The van der Waals surface area contributed by atoms with Gasteiger partial charge in [0.1, 0.15) is 17.5 Å². The van der Waals surface area contributed by atoms with Crippen molar-refractivity contribution in [1.29, 1.82) is 0 Å². The lowest BCUT2D eigenvalue weighted by atomic mass is 10.0. The van der Waals surface area contributed by atoms with Crippen LogP contribution in [0.4, 0.5) is 14.6 Å². The molecule has 0 spiro atoms. The molecule has 1 N–H and O–H groups in total. The molecule has 4 aromatic rings. The quantitative estimate of drug-likeness (QED) is 0.264. The van der Waals surface area contributed by atoms with Crippen molar-refractivity contribution in [3.05, 3.63) is 106 Å². The number of nitrogens with zero attached hydrogens (tertiary/aromatic N) is 3. The predicted molar refractivity (Wildman–Crippen MR) is 131 cm³/mol. The van der Waals surface area contributed by atoms with Crippen molar-refractivity contribution >= 4 is 39.8 Å². The molecule has 0 saturated carbocycles. The van der Waals surface area contributed by atoms with Gasteiger partial charge in [-0.1, -0.05) is 23.2 Å². The van der Waals surface area contributed by atoms with Crippen LogP contribution < -0.4 is 5.32 Å². The third-order valence-electron chi connectivity index (χ3n) is 5.13. The third-order valence-corrected chi connectivity index (χ3v) is 7.37. The van der Waals surface area contributed by atoms with E-state index < -0.39 is 27.7 Å². The van der Waals surface area contributed by atoms with Crippen LogP contribution in [0.5, 0.6) is 0 Å². The van der Waals surface area contributed by atoms with Gasteiger partial charge in [0.25, 0.3) is 0 Å². The number of pyridine rings is 1. The molecule has 5 nitrogen and oxygen atoms in total. The lowest BCUT2D eigenvalue weighted by Crippen LogP contribution is -2.13. The Bertz CT molecular complexity index is 1290. The van der Waals surface area contributed by atoms with Crippen molar-refractivity contribution in [1.82, 2.24) is 14.5 Å². The average molecular weight is 521 g/mol. The summed E-state index contributed by atoms with van der Waals surface area (Å²) in [6.45, 7) is 1.37. The van der Waals surface area contributed by atoms with E-state index in [1.165, 1.54) is 6.20 Å². The molecule has 2 aromatic carbocycles. The van der Waals surface area contributed by atoms with E-state index in [9.17, 15) is 13.0 Å². The summed E-state index contributed by atoms with van der Waals surface area (Å²) in [4.78, 5) is 8.70. The summed E-state index contributed by atoms with van der Waals surface area (Å²) in [5, 5.41) is 2.80. The molecule has 0 amide bonds. The largest absolute Gasteiger partial charge is 0.370 e. The van der Waals surface area contributed by atoms with Gasteiger partial charge in [0.15, 0.2) is 0 Å². The Balaban J connectivity index is 1.66. The van der Waals surface area contributed by atoms with E-state index in [1.807, 2.05) is 10.8 Å². The van der Waals surface area contributed by atoms with E-state index in [0.717, 1.165) is 31.2 Å². The van der Waals surface area contributed by atoms with Gasteiger partial charge in [-0.25, -0.2) is 18.7 Å². The second-order valence-corrected chi connectivity index (χ2v) is 9.85. The molecule has 0 saturated heterocycles. The number of benzene rings is 2. The molecule has 4 rings (SSSR count). The number of halogens is 4. The van der Waals surface area contributed by atoms with E-state index in [1.54, 1.807) is 42.9 Å². The summed E-state index contributed by atoms with van der Waals surface area (Å²) in [6.07, 6.45) is 7.55. The molecular formula is C24H20Cl2F2N4OS. The maximum atomic E-state index is 14.9. The Morgan fingerprint density at radius 1 is 1.06 bits per heavy atom. The number of imidazole rings is 1. The smallest absolute Gasteiger partial charge is 0.128 e. The summed E-state index contributed by atoms with van der Waals surface area (Å²) in [7, 11) is -1.81. The minimum atomic E-state index is -1.81. The number of anilines is 1. The minimum Gasteiger partial charge on any atom is -0.370 e. The summed E-state index contributed by atoms with van der Waals surface area (Å²) < 4.78 is 44.6. The number of hydrogen-bond acceptors (Lipinski definition) is 4. The van der Waals surface area contributed by atoms with Crippen LogP contribution in [0.2, 0.25) is 10.0 Å². The summed E-state index contributed by atoms with van der Waals surface area (Å²) >= 11 is 12.4. The molecule has 176 valence electrons. The molecule has 0 bridgehead atoms. The highest BCUT2D eigenvalue weighted by Crippen LogP contribution is 2.38. The van der Waals surface area contributed by atoms with Gasteiger partial charge in [-0.3, -0.25) is 4.21 Å². The van der Waals surface area contributed by atoms with Gasteiger partial charge < -0.3 is 9.88 Å². The first-order chi connectivity index (χ1) is 16.4. The first-order valence-corrected chi connectivity index (χ1v) is 12.4. The van der Waals surface area contributed by atoms with Gasteiger partial charge >= 0.3 is 0 Å². The van der Waals surface area contributed by atoms with Gasteiger partial charge in [0.2, 0.25) is 0 Å². The highest BCUT2D eigenvalue weighted by Gasteiger charge is 2.29. The van der Waals surface area contributed by atoms with Crippen LogP contribution in [0.1, 0.15) is 22.8 Å². The number of aromatic nitrogens is 3. The summed E-state index contributed by atoms with van der Waals surface area (Å²) in [6, 6.07) is 11.1. The molecule has 0 aliphatic rings. The molecule has 0 radical (unpaired) electrons. The zero-order valence-corrected chi connectivity index (χ0v) is 20.1. The molecular weight excluding hydrogens is 501 g/mol. The third kappa shape index (κ3) is 5.81. The fourth-order valence-corrected chi connectivity index (χ4v) is 5.38. The van der Waals surface area contributed by atoms with Crippen molar-refractivity contribution in [2.75, 3.05) is 11.9 Å². The maximum absolute atomic E-state index is 14.9. The number of nitrogens with one attached hydrogen (secondary N) is 1. The van der Waals surface area contributed by atoms with Crippen molar-refractivity contribution in [2.24, 2.45) is 0 Å². The second-order valence-electron chi connectivity index (χ2n) is 7.47. The van der Waals surface area contributed by atoms with E-state index in [-0.39, 0.29) is 10.6 Å². The Morgan fingerprint density at radius 3 is 2.59 bits per heavy atom. The maximum Gasteiger partial charge on any atom is 0.128 e. The van der Waals surface area contributed by atoms with Crippen LogP contribution in [0.25, 0.3) is 0 Å². The normalized spacial score (nSPS) is 12.9. The molecule has 2 atom stereocenters. The molecule has 0 fully saturated rings. The summed E-state index contributed by atoms with van der Waals surface area (Å²) in [5.74, 6) is -0.839. The molecule has 0 aliphatic heterocycles. The predicted octanol–water partition coefficient (Wildman–Crippen LogP) is 6.26. The molecule has 0 aliphatic carbocycles. The Hall–Kier alpha value is -2.81. The van der Waals surface area contributed by atoms with Crippen molar-refractivity contribution < 1.29 is 13.0 Å². The van der Waals surface area contributed by atoms with Crippen LogP contribution in [0, 0.1) is 11.6 Å². The number of aryl methyl sites for hydroxylation is 1. The lowest BCUT2D eigenvalue weighted by Gasteiger charge is -2.20. The van der Waals surface area contributed by atoms with Crippen LogP contribution in [0.15, 0.2) is 78.3 Å². The van der Waals surface area contributed by atoms with Crippen LogP contribution in [-0.2, 0) is 17.3 Å². The fourth-order valence-electron chi connectivity index (χ4n) is 3.47. The second kappa shape index (κ2) is 11.1. The van der Waals surface area contributed by atoms with Crippen molar-refractivity contribution in [3.63, 3.8) is 0 Å². The molecule has 10 heteroatoms. The van der Waals surface area contributed by atoms with E-state index in [4.69, 9.17) is 23.2 Å². The zero-order chi connectivity index (χ0) is 24.1. The lowest BCUT2D eigenvalue weighted by molar-refractivity contribution is 0.585. The first kappa shape index (κ1) is 24.3. The average Bonchev–Trinajstić information content (AvgIpc) is 3.35. The van der Waals surface area contributed by atoms with Gasteiger partial charge in [0, 0.05) is 47.2 Å². The van der Waals surface area contributed by atoms with Crippen LogP contribution in [-0.4, -0.2) is 25.3 Å². The number of rotatable bonds is 9. The number of hydrogen-bond donors (Lipinski definition) is 1. The van der Waals surface area contributed by atoms with Gasteiger partial charge in [-0.2, -0.15) is 0 Å². The first-order valence-electron chi connectivity index (χ1n) is 10.4. The van der Waals surface area contributed by atoms with E-state index in [0.29, 0.717) is 27.8 Å². The topological polar surface area (TPSA) is 59.8 Å². The Morgan fingerprint density at radius 2 is 1.85 bits per heavy atom. The highest BCUT2D eigenvalue weighted by molar-refractivity contribution is 7.85. The molecule has 2 aromatic heterocycles. The van der Waals surface area contributed by atoms with Crippen LogP contribution >= 0.6 is 23.2 Å². The SMILES string of the molecule is O=S(c1ccc(Cl)cc1)C(c1cc(F)ccc1F)c1cc(NCCCn2ccnc2)ncc1Cl. The van der Waals surface area contributed by atoms with E-state index in [2.05, 4.69) is 15.3 Å². The molecule has 2 unspecified atom stereocenters. The van der Waals surface area contributed by atoms with Crippen molar-refractivity contribution in [3.8, 4) is 0 Å². The zero-order valence-electron chi connectivity index (χ0n) is 17.8. The van der Waals surface area contributed by atoms with Crippen LogP contribution in [0.3, 0.4) is 0 Å². The fraction of sp³-hybridized carbons (Fsp3) is 0.167.